The van der Waals surface area contributed by atoms with Crippen molar-refractivity contribution < 1.29 is 22.7 Å². The molecule has 3 rings (SSSR count). The van der Waals surface area contributed by atoms with Crippen LogP contribution in [0.1, 0.15) is 87.7 Å². The second kappa shape index (κ2) is 12.2. The van der Waals surface area contributed by atoms with Crippen LogP contribution >= 0.6 is 0 Å². The third-order valence-electron chi connectivity index (χ3n) is 7.02. The van der Waals surface area contributed by atoms with Gasteiger partial charge in [0, 0.05) is 6.54 Å². The van der Waals surface area contributed by atoms with Gasteiger partial charge in [0.05, 0.1) is 12.4 Å². The van der Waals surface area contributed by atoms with Crippen molar-refractivity contribution in [2.45, 2.75) is 90.0 Å². The second-order valence-corrected chi connectivity index (χ2v) is 12.8. The van der Waals surface area contributed by atoms with Crippen LogP contribution in [-0.2, 0) is 26.0 Å². The summed E-state index contributed by atoms with van der Waals surface area (Å²) in [6.07, 6.45) is 2.85. The summed E-state index contributed by atoms with van der Waals surface area (Å²) in [7, 11) is -1.90. The SMILES string of the molecule is COc1cc(CC[C@@H](OC(=O)[C@@H]2CCCCN2S(=O)(=O)C(C)C)c2cccc(C(C)C)c2)ccc1C. The largest absolute Gasteiger partial charge is 0.496 e. The van der Waals surface area contributed by atoms with Gasteiger partial charge in [0.25, 0.3) is 0 Å². The topological polar surface area (TPSA) is 72.9 Å². The summed E-state index contributed by atoms with van der Waals surface area (Å²) in [4.78, 5) is 13.5. The number of aryl methyl sites for hydroxylation is 2. The molecule has 0 spiro atoms. The predicted octanol–water partition coefficient (Wildman–Crippen LogP) is 5.94. The Balaban J connectivity index is 1.87. The van der Waals surface area contributed by atoms with Crippen LogP contribution in [0.4, 0.5) is 0 Å². The van der Waals surface area contributed by atoms with E-state index in [0.717, 1.165) is 35.3 Å². The van der Waals surface area contributed by atoms with Crippen LogP contribution in [-0.4, -0.2) is 43.6 Å². The Kier molecular flexibility index (Phi) is 9.59. The molecule has 1 heterocycles. The molecule has 0 aromatic heterocycles. The molecule has 0 N–H and O–H groups in total. The van der Waals surface area contributed by atoms with Gasteiger partial charge in [-0.15, -0.1) is 0 Å². The van der Waals surface area contributed by atoms with Crippen molar-refractivity contribution in [1.82, 2.24) is 4.31 Å². The third-order valence-corrected chi connectivity index (χ3v) is 9.31. The summed E-state index contributed by atoms with van der Waals surface area (Å²) in [6.45, 7) is 9.94. The highest BCUT2D eigenvalue weighted by Gasteiger charge is 2.39. The lowest BCUT2D eigenvalue weighted by atomic mass is 9.95. The number of carbonyl (C=O) groups excluding carboxylic acids is 1. The highest BCUT2D eigenvalue weighted by atomic mass is 32.2. The van der Waals surface area contributed by atoms with Crippen molar-refractivity contribution in [3.8, 4) is 5.75 Å². The molecule has 0 amide bonds. The molecule has 1 aliphatic rings. The number of rotatable bonds is 10. The van der Waals surface area contributed by atoms with Gasteiger partial charge in [-0.25, -0.2) is 8.42 Å². The zero-order valence-corrected chi connectivity index (χ0v) is 23.3. The quantitative estimate of drug-likeness (QED) is 0.366. The first-order valence-electron chi connectivity index (χ1n) is 13.0. The fourth-order valence-corrected chi connectivity index (χ4v) is 6.14. The minimum absolute atomic E-state index is 0.340. The molecule has 2 aromatic rings. The summed E-state index contributed by atoms with van der Waals surface area (Å²) in [5, 5.41) is -0.582. The summed E-state index contributed by atoms with van der Waals surface area (Å²) in [6, 6.07) is 13.5. The molecular formula is C29H41NO5S. The minimum Gasteiger partial charge on any atom is -0.496 e. The fourth-order valence-electron chi connectivity index (χ4n) is 4.66. The number of piperidine rings is 1. The number of benzene rings is 2. The van der Waals surface area contributed by atoms with E-state index in [1.807, 2.05) is 31.2 Å². The van der Waals surface area contributed by atoms with Crippen LogP contribution < -0.4 is 4.74 Å². The number of carbonyl (C=O) groups is 1. The molecule has 0 radical (unpaired) electrons. The second-order valence-electron chi connectivity index (χ2n) is 10.3. The number of hydrogen-bond donors (Lipinski definition) is 0. The van der Waals surface area contributed by atoms with Crippen molar-refractivity contribution in [1.29, 1.82) is 0 Å². The normalized spacial score (nSPS) is 17.8. The number of ether oxygens (including phenoxy) is 2. The zero-order valence-electron chi connectivity index (χ0n) is 22.5. The molecule has 6 nitrogen and oxygen atoms in total. The number of sulfonamides is 1. The van der Waals surface area contributed by atoms with Crippen molar-refractivity contribution in [2.24, 2.45) is 0 Å². The van der Waals surface area contributed by atoms with E-state index < -0.39 is 33.4 Å². The number of esters is 1. The van der Waals surface area contributed by atoms with Crippen molar-refractivity contribution in [2.75, 3.05) is 13.7 Å². The van der Waals surface area contributed by atoms with Gasteiger partial charge < -0.3 is 9.47 Å². The van der Waals surface area contributed by atoms with E-state index in [1.165, 1.54) is 9.87 Å². The van der Waals surface area contributed by atoms with Gasteiger partial charge in [0.1, 0.15) is 17.9 Å². The molecule has 198 valence electrons. The maximum Gasteiger partial charge on any atom is 0.325 e. The lowest BCUT2D eigenvalue weighted by Gasteiger charge is -2.35. The van der Waals surface area contributed by atoms with Crippen LogP contribution in [0.15, 0.2) is 42.5 Å². The predicted molar refractivity (Wildman–Crippen MR) is 144 cm³/mol. The van der Waals surface area contributed by atoms with E-state index in [0.29, 0.717) is 31.7 Å². The first-order valence-corrected chi connectivity index (χ1v) is 14.5. The molecule has 1 aliphatic heterocycles. The molecule has 0 aliphatic carbocycles. The third kappa shape index (κ3) is 6.68. The highest BCUT2D eigenvalue weighted by Crippen LogP contribution is 2.31. The Bertz CT molecular complexity index is 1140. The summed E-state index contributed by atoms with van der Waals surface area (Å²) >= 11 is 0. The van der Waals surface area contributed by atoms with E-state index in [4.69, 9.17) is 9.47 Å². The average Bonchev–Trinajstić information content (AvgIpc) is 2.87. The van der Waals surface area contributed by atoms with E-state index in [1.54, 1.807) is 21.0 Å². The van der Waals surface area contributed by atoms with Gasteiger partial charge in [0.2, 0.25) is 10.0 Å². The van der Waals surface area contributed by atoms with Crippen LogP contribution in [0.2, 0.25) is 0 Å². The maximum absolute atomic E-state index is 13.5. The Morgan fingerprint density at radius 3 is 2.44 bits per heavy atom. The summed E-state index contributed by atoms with van der Waals surface area (Å²) < 4.78 is 39.0. The monoisotopic (exact) mass is 515 g/mol. The Labute approximate surface area is 217 Å². The van der Waals surface area contributed by atoms with E-state index in [9.17, 15) is 13.2 Å². The molecule has 1 fully saturated rings. The molecule has 2 atom stereocenters. The Morgan fingerprint density at radius 2 is 1.78 bits per heavy atom. The van der Waals surface area contributed by atoms with E-state index >= 15 is 0 Å². The van der Waals surface area contributed by atoms with Crippen LogP contribution in [0.3, 0.4) is 0 Å². The lowest BCUT2D eigenvalue weighted by molar-refractivity contribution is -0.155. The molecule has 36 heavy (non-hydrogen) atoms. The van der Waals surface area contributed by atoms with E-state index in [-0.39, 0.29) is 0 Å². The van der Waals surface area contributed by atoms with Crippen molar-refractivity contribution >= 4 is 16.0 Å². The Morgan fingerprint density at radius 1 is 1.06 bits per heavy atom. The molecule has 0 bridgehead atoms. The summed E-state index contributed by atoms with van der Waals surface area (Å²) in [5.41, 5.74) is 4.27. The number of nitrogens with zero attached hydrogens (tertiary/aromatic N) is 1. The molecule has 7 heteroatoms. The molecule has 1 saturated heterocycles. The molecule has 0 unspecified atom stereocenters. The van der Waals surface area contributed by atoms with Gasteiger partial charge in [-0.2, -0.15) is 4.31 Å². The molecular weight excluding hydrogens is 474 g/mol. The van der Waals surface area contributed by atoms with Crippen molar-refractivity contribution in [3.05, 3.63) is 64.7 Å². The van der Waals surface area contributed by atoms with Crippen molar-refractivity contribution in [3.63, 3.8) is 0 Å². The Hall–Kier alpha value is -2.38. The average molecular weight is 516 g/mol. The highest BCUT2D eigenvalue weighted by molar-refractivity contribution is 7.89. The standard InChI is InChI=1S/C29H41NO5S/c1-20(2)24-10-9-11-25(19-24)27(16-15-23-14-13-22(5)28(18-23)34-6)35-29(31)26-12-7-8-17-30(26)36(32,33)21(3)4/h9-11,13-14,18-21,26-27H,7-8,12,15-17H2,1-6H3/t26-,27+/m0/s1. The van der Waals surface area contributed by atoms with Gasteiger partial charge in [0.15, 0.2) is 0 Å². The van der Waals surface area contributed by atoms with Gasteiger partial charge >= 0.3 is 5.97 Å². The zero-order chi connectivity index (χ0) is 26.5. The molecule has 0 saturated carbocycles. The summed E-state index contributed by atoms with van der Waals surface area (Å²) in [5.74, 6) is 0.715. The number of methoxy groups -OCH3 is 1. The smallest absolute Gasteiger partial charge is 0.325 e. The van der Waals surface area contributed by atoms with E-state index in [2.05, 4.69) is 32.0 Å². The van der Waals surface area contributed by atoms with Gasteiger partial charge in [-0.1, -0.05) is 50.2 Å². The first-order chi connectivity index (χ1) is 17.0. The van der Waals surface area contributed by atoms with Gasteiger partial charge in [-0.05, 0) is 87.1 Å². The first kappa shape index (κ1) is 28.2. The van der Waals surface area contributed by atoms with Crippen LogP contribution in [0, 0.1) is 6.92 Å². The van der Waals surface area contributed by atoms with Crippen LogP contribution in [0.25, 0.3) is 0 Å². The maximum atomic E-state index is 13.5. The fraction of sp³-hybridized carbons (Fsp3) is 0.552. The molecule has 2 aromatic carbocycles. The minimum atomic E-state index is -3.56. The number of hydrogen-bond acceptors (Lipinski definition) is 5. The van der Waals surface area contributed by atoms with Gasteiger partial charge in [-0.3, -0.25) is 4.79 Å². The van der Waals surface area contributed by atoms with Crippen LogP contribution in [0.5, 0.6) is 5.75 Å². The lowest BCUT2D eigenvalue weighted by Crippen LogP contribution is -2.50.